The highest BCUT2D eigenvalue weighted by molar-refractivity contribution is 9.10. The van der Waals surface area contributed by atoms with Crippen molar-refractivity contribution in [3.05, 3.63) is 34.1 Å². The van der Waals surface area contributed by atoms with Crippen molar-refractivity contribution in [2.75, 3.05) is 6.54 Å². The van der Waals surface area contributed by atoms with Crippen LogP contribution in [0.1, 0.15) is 18.9 Å². The van der Waals surface area contributed by atoms with Crippen LogP contribution < -0.4 is 5.32 Å². The first kappa shape index (κ1) is 14.1. The van der Waals surface area contributed by atoms with Crippen molar-refractivity contribution >= 4 is 21.8 Å². The first-order valence-corrected chi connectivity index (χ1v) is 6.17. The van der Waals surface area contributed by atoms with Gasteiger partial charge in [0.1, 0.15) is 5.82 Å². The Morgan fingerprint density at radius 2 is 2.29 bits per heavy atom. The van der Waals surface area contributed by atoms with Gasteiger partial charge in [-0.1, -0.05) is 6.07 Å². The van der Waals surface area contributed by atoms with Gasteiger partial charge in [0.2, 0.25) is 5.91 Å². The van der Waals surface area contributed by atoms with Crippen LogP contribution in [0.15, 0.2) is 22.7 Å². The molecule has 1 aromatic carbocycles. The van der Waals surface area contributed by atoms with Crippen molar-refractivity contribution in [1.82, 2.24) is 5.32 Å². The first-order valence-electron chi connectivity index (χ1n) is 5.37. The van der Waals surface area contributed by atoms with E-state index in [1.165, 1.54) is 6.07 Å². The SMILES string of the molecule is CC(O)CCNC(=O)Cc1ccc(F)c(Br)c1. The number of aliphatic hydroxyl groups excluding tert-OH is 1. The van der Waals surface area contributed by atoms with Gasteiger partial charge >= 0.3 is 0 Å². The molecule has 1 unspecified atom stereocenters. The van der Waals surface area contributed by atoms with E-state index in [2.05, 4.69) is 21.2 Å². The summed E-state index contributed by atoms with van der Waals surface area (Å²) in [5, 5.41) is 11.7. The predicted octanol–water partition coefficient (Wildman–Crippen LogP) is 2.02. The lowest BCUT2D eigenvalue weighted by Crippen LogP contribution is -2.27. The van der Waals surface area contributed by atoms with E-state index >= 15 is 0 Å². The molecule has 0 radical (unpaired) electrons. The van der Waals surface area contributed by atoms with Crippen LogP contribution >= 0.6 is 15.9 Å². The van der Waals surface area contributed by atoms with Gasteiger partial charge in [-0.3, -0.25) is 4.79 Å². The fourth-order valence-corrected chi connectivity index (χ4v) is 1.74. The Labute approximate surface area is 108 Å². The second-order valence-corrected chi connectivity index (χ2v) is 4.77. The number of carbonyl (C=O) groups excluding carboxylic acids is 1. The monoisotopic (exact) mass is 303 g/mol. The maximum atomic E-state index is 13.0. The van der Waals surface area contributed by atoms with E-state index in [-0.39, 0.29) is 18.1 Å². The van der Waals surface area contributed by atoms with Gasteiger partial charge in [-0.25, -0.2) is 4.39 Å². The Hall–Kier alpha value is -0.940. The highest BCUT2D eigenvalue weighted by Crippen LogP contribution is 2.17. The Morgan fingerprint density at radius 3 is 2.88 bits per heavy atom. The largest absolute Gasteiger partial charge is 0.393 e. The summed E-state index contributed by atoms with van der Waals surface area (Å²) in [5.74, 6) is -0.479. The lowest BCUT2D eigenvalue weighted by molar-refractivity contribution is -0.120. The van der Waals surface area contributed by atoms with E-state index in [0.717, 1.165) is 5.56 Å². The van der Waals surface area contributed by atoms with Gasteiger partial charge in [-0.05, 0) is 47.0 Å². The van der Waals surface area contributed by atoms with Gasteiger partial charge in [0, 0.05) is 6.54 Å². The van der Waals surface area contributed by atoms with Crippen LogP contribution in [0.4, 0.5) is 4.39 Å². The maximum Gasteiger partial charge on any atom is 0.224 e. The van der Waals surface area contributed by atoms with Crippen molar-refractivity contribution < 1.29 is 14.3 Å². The van der Waals surface area contributed by atoms with Crippen molar-refractivity contribution in [1.29, 1.82) is 0 Å². The van der Waals surface area contributed by atoms with Crippen LogP contribution in [0, 0.1) is 5.82 Å². The highest BCUT2D eigenvalue weighted by Gasteiger charge is 2.06. The summed E-state index contributed by atoms with van der Waals surface area (Å²) in [7, 11) is 0. The smallest absolute Gasteiger partial charge is 0.224 e. The minimum absolute atomic E-state index is 0.135. The zero-order chi connectivity index (χ0) is 12.8. The quantitative estimate of drug-likeness (QED) is 0.874. The summed E-state index contributed by atoms with van der Waals surface area (Å²) in [5.41, 5.74) is 0.743. The van der Waals surface area contributed by atoms with E-state index in [1.807, 2.05) is 0 Å². The number of benzene rings is 1. The summed E-state index contributed by atoms with van der Waals surface area (Å²) in [6, 6.07) is 4.49. The maximum absolute atomic E-state index is 13.0. The molecule has 0 aliphatic rings. The van der Waals surface area contributed by atoms with E-state index in [0.29, 0.717) is 17.4 Å². The van der Waals surface area contributed by atoms with E-state index in [9.17, 15) is 9.18 Å². The van der Waals surface area contributed by atoms with Crippen LogP contribution in [0.2, 0.25) is 0 Å². The minimum Gasteiger partial charge on any atom is -0.393 e. The molecule has 17 heavy (non-hydrogen) atoms. The molecular weight excluding hydrogens is 289 g/mol. The Bertz CT molecular complexity index is 396. The number of aliphatic hydroxyl groups is 1. The number of rotatable bonds is 5. The number of hydrogen-bond donors (Lipinski definition) is 2. The number of carbonyl (C=O) groups is 1. The third-order valence-corrected chi connectivity index (χ3v) is 2.84. The molecule has 1 amide bonds. The van der Waals surface area contributed by atoms with Crippen molar-refractivity contribution in [2.45, 2.75) is 25.9 Å². The highest BCUT2D eigenvalue weighted by atomic mass is 79.9. The molecule has 0 saturated carbocycles. The zero-order valence-electron chi connectivity index (χ0n) is 9.54. The summed E-state index contributed by atoms with van der Waals surface area (Å²) in [6.45, 7) is 2.11. The average molecular weight is 304 g/mol. The molecule has 2 N–H and O–H groups in total. The topological polar surface area (TPSA) is 49.3 Å². The molecule has 0 spiro atoms. The molecule has 1 atom stereocenters. The molecule has 0 aromatic heterocycles. The molecule has 3 nitrogen and oxygen atoms in total. The molecule has 0 aliphatic heterocycles. The molecule has 1 rings (SSSR count). The number of hydrogen-bond acceptors (Lipinski definition) is 2. The average Bonchev–Trinajstić information content (AvgIpc) is 2.23. The lowest BCUT2D eigenvalue weighted by Gasteiger charge is -2.07. The molecule has 0 heterocycles. The standard InChI is InChI=1S/C12H15BrFNO2/c1-8(16)4-5-15-12(17)7-9-2-3-11(14)10(13)6-9/h2-3,6,8,16H,4-5,7H2,1H3,(H,15,17). The predicted molar refractivity (Wildman–Crippen MR) is 67.1 cm³/mol. The van der Waals surface area contributed by atoms with Gasteiger partial charge in [0.05, 0.1) is 17.0 Å². The molecule has 1 aromatic rings. The Kier molecular flexibility index (Phi) is 5.58. The van der Waals surface area contributed by atoms with Gasteiger partial charge in [0.15, 0.2) is 0 Å². The minimum atomic E-state index is -0.421. The van der Waals surface area contributed by atoms with Crippen LogP contribution in [-0.2, 0) is 11.2 Å². The van der Waals surface area contributed by atoms with E-state index in [4.69, 9.17) is 5.11 Å². The Morgan fingerprint density at radius 1 is 1.59 bits per heavy atom. The normalized spacial score (nSPS) is 12.2. The van der Waals surface area contributed by atoms with Crippen LogP contribution in [0.5, 0.6) is 0 Å². The third kappa shape index (κ3) is 5.28. The molecule has 0 saturated heterocycles. The Balaban J connectivity index is 2.42. The summed E-state index contributed by atoms with van der Waals surface area (Å²) in [4.78, 5) is 11.5. The summed E-state index contributed by atoms with van der Waals surface area (Å²) in [6.07, 6.45) is 0.313. The van der Waals surface area contributed by atoms with Gasteiger partial charge < -0.3 is 10.4 Å². The second kappa shape index (κ2) is 6.71. The first-order chi connectivity index (χ1) is 7.99. The van der Waals surface area contributed by atoms with E-state index in [1.54, 1.807) is 19.1 Å². The summed E-state index contributed by atoms with van der Waals surface area (Å²) < 4.78 is 13.3. The van der Waals surface area contributed by atoms with Crippen molar-refractivity contribution in [3.8, 4) is 0 Å². The van der Waals surface area contributed by atoms with Gasteiger partial charge in [-0.2, -0.15) is 0 Å². The van der Waals surface area contributed by atoms with Crippen LogP contribution in [0.3, 0.4) is 0 Å². The van der Waals surface area contributed by atoms with Gasteiger partial charge in [0.25, 0.3) is 0 Å². The number of nitrogens with one attached hydrogen (secondary N) is 1. The third-order valence-electron chi connectivity index (χ3n) is 2.23. The van der Waals surface area contributed by atoms with Crippen LogP contribution in [0.25, 0.3) is 0 Å². The fraction of sp³-hybridized carbons (Fsp3) is 0.417. The molecule has 94 valence electrons. The molecule has 0 aliphatic carbocycles. The van der Waals surface area contributed by atoms with E-state index < -0.39 is 6.10 Å². The second-order valence-electron chi connectivity index (χ2n) is 3.91. The van der Waals surface area contributed by atoms with Crippen molar-refractivity contribution in [3.63, 3.8) is 0 Å². The lowest BCUT2D eigenvalue weighted by atomic mass is 10.1. The molecule has 0 fully saturated rings. The number of amides is 1. The number of halogens is 2. The fourth-order valence-electron chi connectivity index (χ4n) is 1.32. The molecular formula is C12H15BrFNO2. The molecule has 5 heteroatoms. The molecule has 0 bridgehead atoms. The zero-order valence-corrected chi connectivity index (χ0v) is 11.1. The van der Waals surface area contributed by atoms with Crippen molar-refractivity contribution in [2.24, 2.45) is 0 Å². The van der Waals surface area contributed by atoms with Crippen LogP contribution in [-0.4, -0.2) is 23.7 Å². The van der Waals surface area contributed by atoms with Gasteiger partial charge in [-0.15, -0.1) is 0 Å². The summed E-state index contributed by atoms with van der Waals surface area (Å²) >= 11 is 3.07.